The number of nitrogens with one attached hydrogen (secondary N) is 1. The lowest BCUT2D eigenvalue weighted by atomic mass is 9.86. The Bertz CT molecular complexity index is 1290. The number of carbonyl (C=O) groups is 2. The van der Waals surface area contributed by atoms with Crippen LogP contribution in [0.1, 0.15) is 55.6 Å². The van der Waals surface area contributed by atoms with E-state index in [0.29, 0.717) is 22.5 Å². The fraction of sp³-hybridized carbons (Fsp3) is 0.286. The first-order valence-electron chi connectivity index (χ1n) is 11.5. The highest BCUT2D eigenvalue weighted by Gasteiger charge is 2.31. The highest BCUT2D eigenvalue weighted by Crippen LogP contribution is 2.25. The van der Waals surface area contributed by atoms with E-state index in [1.165, 1.54) is 0 Å². The number of nitrogens with zero attached hydrogens (tertiary/aromatic N) is 1. The Hall–Kier alpha value is -3.45. The normalized spacial score (nSPS) is 12.6. The molecule has 0 spiro atoms. The van der Waals surface area contributed by atoms with Gasteiger partial charge in [-0.2, -0.15) is 0 Å². The van der Waals surface area contributed by atoms with E-state index in [9.17, 15) is 18.0 Å². The minimum Gasteiger partial charge on any atom is -0.324 e. The molecule has 6 nitrogen and oxygen atoms in total. The van der Waals surface area contributed by atoms with E-state index in [4.69, 9.17) is 0 Å². The van der Waals surface area contributed by atoms with Crippen molar-refractivity contribution in [1.82, 2.24) is 0 Å². The van der Waals surface area contributed by atoms with Crippen LogP contribution in [-0.4, -0.2) is 32.4 Å². The van der Waals surface area contributed by atoms with Gasteiger partial charge in [0.05, 0.1) is 11.9 Å². The Morgan fingerprint density at radius 2 is 1.51 bits per heavy atom. The van der Waals surface area contributed by atoms with Gasteiger partial charge in [0.25, 0.3) is 0 Å². The molecule has 1 atom stereocenters. The molecule has 0 aliphatic heterocycles. The van der Waals surface area contributed by atoms with Crippen LogP contribution in [0.5, 0.6) is 0 Å². The summed E-state index contributed by atoms with van der Waals surface area (Å²) in [5, 5.41) is 2.79. The zero-order chi connectivity index (χ0) is 25.8. The summed E-state index contributed by atoms with van der Waals surface area (Å²) in [6.45, 7) is 8.10. The van der Waals surface area contributed by atoms with E-state index in [1.807, 2.05) is 24.3 Å². The molecular formula is C28H32N2O4S. The summed E-state index contributed by atoms with van der Waals surface area (Å²) >= 11 is 0. The third-order valence-corrected chi connectivity index (χ3v) is 6.93. The number of benzene rings is 3. The van der Waals surface area contributed by atoms with Crippen LogP contribution < -0.4 is 9.62 Å². The number of anilines is 2. The van der Waals surface area contributed by atoms with Crippen LogP contribution in [0, 0.1) is 0 Å². The summed E-state index contributed by atoms with van der Waals surface area (Å²) in [5.74, 6) is -0.628. The van der Waals surface area contributed by atoms with Gasteiger partial charge in [-0.1, -0.05) is 82.3 Å². The van der Waals surface area contributed by atoms with Gasteiger partial charge in [0.1, 0.15) is 6.04 Å². The van der Waals surface area contributed by atoms with E-state index in [1.54, 1.807) is 61.5 Å². The van der Waals surface area contributed by atoms with Crippen molar-refractivity contribution in [1.29, 1.82) is 0 Å². The summed E-state index contributed by atoms with van der Waals surface area (Å²) in [4.78, 5) is 26.2. The summed E-state index contributed by atoms with van der Waals surface area (Å²) in [6.07, 6.45) is 1.35. The van der Waals surface area contributed by atoms with Gasteiger partial charge >= 0.3 is 0 Å². The van der Waals surface area contributed by atoms with Gasteiger partial charge in [0.2, 0.25) is 15.9 Å². The van der Waals surface area contributed by atoms with Crippen LogP contribution in [-0.2, 0) is 20.2 Å². The van der Waals surface area contributed by atoms with E-state index in [0.717, 1.165) is 16.1 Å². The number of carbonyl (C=O) groups excluding carboxylic acids is 2. The van der Waals surface area contributed by atoms with Crippen molar-refractivity contribution in [3.05, 3.63) is 95.6 Å². The average molecular weight is 493 g/mol. The van der Waals surface area contributed by atoms with Crippen molar-refractivity contribution in [2.75, 3.05) is 15.9 Å². The first kappa shape index (κ1) is 26.2. The number of ketones is 1. The van der Waals surface area contributed by atoms with Gasteiger partial charge in [-0.15, -0.1) is 0 Å². The molecule has 184 valence electrons. The van der Waals surface area contributed by atoms with Gasteiger partial charge < -0.3 is 5.32 Å². The molecule has 0 aliphatic rings. The SMILES string of the molecule is CC[C@@H](C(=O)Nc1cccc(C(=O)c2ccc(C(C)(C)C)cc2)c1)N(c1ccccc1)S(C)(=O)=O. The summed E-state index contributed by atoms with van der Waals surface area (Å²) in [5.41, 5.74) is 2.95. The molecule has 0 aliphatic carbocycles. The third kappa shape index (κ3) is 6.36. The summed E-state index contributed by atoms with van der Waals surface area (Å²) < 4.78 is 26.3. The molecule has 0 fully saturated rings. The molecule has 35 heavy (non-hydrogen) atoms. The molecule has 3 rings (SSSR count). The highest BCUT2D eigenvalue weighted by atomic mass is 32.2. The lowest BCUT2D eigenvalue weighted by molar-refractivity contribution is -0.117. The maximum Gasteiger partial charge on any atom is 0.248 e. The molecule has 3 aromatic carbocycles. The molecule has 0 aromatic heterocycles. The molecule has 0 saturated carbocycles. The predicted molar refractivity (Wildman–Crippen MR) is 141 cm³/mol. The largest absolute Gasteiger partial charge is 0.324 e. The quantitative estimate of drug-likeness (QED) is 0.427. The van der Waals surface area contributed by atoms with Crippen molar-refractivity contribution in [2.45, 2.75) is 45.6 Å². The van der Waals surface area contributed by atoms with Crippen LogP contribution in [0.4, 0.5) is 11.4 Å². The monoisotopic (exact) mass is 492 g/mol. The van der Waals surface area contributed by atoms with Crippen molar-refractivity contribution < 1.29 is 18.0 Å². The fourth-order valence-corrected chi connectivity index (χ4v) is 5.10. The predicted octanol–water partition coefficient (Wildman–Crippen LogP) is 5.40. The standard InChI is InChI=1S/C28H32N2O4S/c1-6-25(30(35(5,33)34)24-13-8-7-9-14-24)27(32)29-23-12-10-11-21(19-23)26(31)20-15-17-22(18-16-20)28(2,3)4/h7-19,25H,6H2,1-5H3,(H,29,32)/t25-/m0/s1. The smallest absolute Gasteiger partial charge is 0.248 e. The fourth-order valence-electron chi connectivity index (χ4n) is 3.89. The average Bonchev–Trinajstić information content (AvgIpc) is 2.81. The molecule has 0 saturated heterocycles. The maximum atomic E-state index is 13.2. The topological polar surface area (TPSA) is 83.6 Å². The van der Waals surface area contributed by atoms with Crippen molar-refractivity contribution in [3.63, 3.8) is 0 Å². The van der Waals surface area contributed by atoms with E-state index in [-0.39, 0.29) is 17.6 Å². The number of rotatable bonds is 8. The van der Waals surface area contributed by atoms with Gasteiger partial charge in [-0.05, 0) is 41.7 Å². The Balaban J connectivity index is 1.84. The zero-order valence-electron chi connectivity index (χ0n) is 20.8. The number of hydrogen-bond donors (Lipinski definition) is 1. The Labute approximate surface area is 208 Å². The van der Waals surface area contributed by atoms with Gasteiger partial charge in [-0.3, -0.25) is 13.9 Å². The van der Waals surface area contributed by atoms with Gasteiger partial charge in [0, 0.05) is 16.8 Å². The molecule has 0 unspecified atom stereocenters. The van der Waals surface area contributed by atoms with E-state index >= 15 is 0 Å². The van der Waals surface area contributed by atoms with E-state index in [2.05, 4.69) is 26.1 Å². The minimum absolute atomic E-state index is 0.0127. The van der Waals surface area contributed by atoms with Crippen LogP contribution in [0.3, 0.4) is 0 Å². The lowest BCUT2D eigenvalue weighted by Crippen LogP contribution is -2.47. The molecule has 1 N–H and O–H groups in total. The van der Waals surface area contributed by atoms with Crippen LogP contribution in [0.2, 0.25) is 0 Å². The van der Waals surface area contributed by atoms with Crippen molar-refractivity contribution in [3.8, 4) is 0 Å². The molecule has 0 radical (unpaired) electrons. The number of hydrogen-bond acceptors (Lipinski definition) is 4. The minimum atomic E-state index is -3.72. The van der Waals surface area contributed by atoms with E-state index < -0.39 is 22.0 Å². The van der Waals surface area contributed by atoms with Crippen LogP contribution in [0.25, 0.3) is 0 Å². The van der Waals surface area contributed by atoms with Crippen LogP contribution in [0.15, 0.2) is 78.9 Å². The lowest BCUT2D eigenvalue weighted by Gasteiger charge is -2.30. The second kappa shape index (κ2) is 10.4. The Kier molecular flexibility index (Phi) is 7.80. The second-order valence-corrected chi connectivity index (χ2v) is 11.4. The highest BCUT2D eigenvalue weighted by molar-refractivity contribution is 7.92. The Morgan fingerprint density at radius 1 is 0.886 bits per heavy atom. The summed E-state index contributed by atoms with van der Waals surface area (Å²) in [7, 11) is -3.72. The first-order valence-corrected chi connectivity index (χ1v) is 13.4. The van der Waals surface area contributed by atoms with Crippen molar-refractivity contribution >= 4 is 33.1 Å². The van der Waals surface area contributed by atoms with Gasteiger partial charge in [0.15, 0.2) is 5.78 Å². The van der Waals surface area contributed by atoms with Crippen molar-refractivity contribution in [2.24, 2.45) is 0 Å². The number of para-hydroxylation sites is 1. The van der Waals surface area contributed by atoms with Crippen LogP contribution >= 0.6 is 0 Å². The number of amides is 1. The molecule has 0 heterocycles. The van der Waals surface area contributed by atoms with Gasteiger partial charge in [-0.25, -0.2) is 8.42 Å². The molecule has 7 heteroatoms. The second-order valence-electron chi connectivity index (χ2n) is 9.54. The molecule has 0 bridgehead atoms. The zero-order valence-corrected chi connectivity index (χ0v) is 21.6. The Morgan fingerprint density at radius 3 is 2.06 bits per heavy atom. The number of sulfonamides is 1. The summed E-state index contributed by atoms with van der Waals surface area (Å²) in [6, 6.07) is 21.8. The maximum absolute atomic E-state index is 13.2. The molecular weight excluding hydrogens is 460 g/mol. The molecule has 1 amide bonds. The molecule has 3 aromatic rings. The first-order chi connectivity index (χ1) is 16.4. The third-order valence-electron chi connectivity index (χ3n) is 5.75.